The van der Waals surface area contributed by atoms with E-state index in [0.29, 0.717) is 11.3 Å². The number of methoxy groups -OCH3 is 1. The number of hydrogen-bond acceptors (Lipinski definition) is 3. The molecule has 0 radical (unpaired) electrons. The summed E-state index contributed by atoms with van der Waals surface area (Å²) >= 11 is 5.12. The molecular weight excluding hydrogens is 320 g/mol. The molecule has 2 N–H and O–H groups in total. The molecule has 4 nitrogen and oxygen atoms in total. The predicted octanol–water partition coefficient (Wildman–Crippen LogP) is 3.68. The highest BCUT2D eigenvalue weighted by molar-refractivity contribution is 7.80. The highest BCUT2D eigenvalue weighted by Gasteiger charge is 2.05. The van der Waals surface area contributed by atoms with E-state index in [2.05, 4.69) is 15.8 Å². The van der Waals surface area contributed by atoms with Gasteiger partial charge in [0.25, 0.3) is 0 Å². The van der Waals surface area contributed by atoms with Gasteiger partial charge in [0, 0.05) is 11.3 Å². The molecule has 0 aliphatic carbocycles. The van der Waals surface area contributed by atoms with Crippen molar-refractivity contribution in [3.8, 4) is 5.75 Å². The van der Waals surface area contributed by atoms with Gasteiger partial charge in [-0.15, -0.1) is 0 Å². The van der Waals surface area contributed by atoms with Crippen molar-refractivity contribution in [2.75, 3.05) is 12.4 Å². The number of rotatable bonds is 4. The zero-order valence-corrected chi connectivity index (χ0v) is 13.4. The van der Waals surface area contributed by atoms with Crippen molar-refractivity contribution in [2.45, 2.75) is 6.92 Å². The van der Waals surface area contributed by atoms with Crippen molar-refractivity contribution in [1.82, 2.24) is 5.43 Å². The van der Waals surface area contributed by atoms with Crippen LogP contribution in [0.2, 0.25) is 0 Å². The Morgan fingerprint density at radius 2 is 1.78 bits per heavy atom. The number of benzene rings is 2. The van der Waals surface area contributed by atoms with Gasteiger partial charge in [-0.3, -0.25) is 5.43 Å². The quantitative estimate of drug-likeness (QED) is 0.508. The molecule has 0 saturated carbocycles. The van der Waals surface area contributed by atoms with E-state index < -0.39 is 11.6 Å². The summed E-state index contributed by atoms with van der Waals surface area (Å²) in [6.45, 7) is 1.66. The second-order valence-electron chi connectivity index (χ2n) is 4.62. The van der Waals surface area contributed by atoms with Crippen LogP contribution >= 0.6 is 12.2 Å². The average Bonchev–Trinajstić information content (AvgIpc) is 2.56. The molecule has 2 rings (SSSR count). The minimum Gasteiger partial charge on any atom is -0.497 e. The Hall–Kier alpha value is -2.54. The van der Waals surface area contributed by atoms with E-state index in [1.807, 2.05) is 0 Å². The summed E-state index contributed by atoms with van der Waals surface area (Å²) in [4.78, 5) is 0. The van der Waals surface area contributed by atoms with Crippen LogP contribution in [0.3, 0.4) is 0 Å². The molecule has 0 saturated heterocycles. The highest BCUT2D eigenvalue weighted by atomic mass is 32.1. The van der Waals surface area contributed by atoms with Gasteiger partial charge >= 0.3 is 0 Å². The normalized spacial score (nSPS) is 11.0. The van der Waals surface area contributed by atoms with Crippen LogP contribution in [0, 0.1) is 11.6 Å². The van der Waals surface area contributed by atoms with Crippen LogP contribution < -0.4 is 15.5 Å². The molecule has 0 bridgehead atoms. The van der Waals surface area contributed by atoms with Gasteiger partial charge in [0.2, 0.25) is 0 Å². The number of thiocarbonyl (C=S) groups is 1. The Kier molecular flexibility index (Phi) is 5.59. The monoisotopic (exact) mass is 335 g/mol. The third kappa shape index (κ3) is 4.72. The van der Waals surface area contributed by atoms with Gasteiger partial charge in [0.1, 0.15) is 5.75 Å². The fourth-order valence-corrected chi connectivity index (χ4v) is 1.92. The number of ether oxygens (including phenoxy) is 1. The lowest BCUT2D eigenvalue weighted by Crippen LogP contribution is -2.24. The van der Waals surface area contributed by atoms with E-state index in [-0.39, 0.29) is 5.11 Å². The number of hydrazone groups is 1. The first-order valence-corrected chi connectivity index (χ1v) is 7.11. The Labute approximate surface area is 138 Å². The van der Waals surface area contributed by atoms with Crippen LogP contribution in [-0.2, 0) is 0 Å². The minimum absolute atomic E-state index is 0.275. The number of halogens is 2. The topological polar surface area (TPSA) is 45.6 Å². The van der Waals surface area contributed by atoms with Crippen LogP contribution in [0.1, 0.15) is 12.5 Å². The van der Waals surface area contributed by atoms with Crippen molar-refractivity contribution in [1.29, 1.82) is 0 Å². The average molecular weight is 335 g/mol. The third-order valence-electron chi connectivity index (χ3n) is 3.01. The van der Waals surface area contributed by atoms with E-state index in [1.165, 1.54) is 6.07 Å². The molecule has 2 aromatic carbocycles. The molecule has 0 aliphatic heterocycles. The first-order chi connectivity index (χ1) is 11.0. The summed E-state index contributed by atoms with van der Waals surface area (Å²) in [5.41, 5.74) is 4.36. The second kappa shape index (κ2) is 7.64. The number of nitrogens with one attached hydrogen (secondary N) is 2. The van der Waals surface area contributed by atoms with E-state index >= 15 is 0 Å². The highest BCUT2D eigenvalue weighted by Crippen LogP contribution is 2.14. The zero-order valence-electron chi connectivity index (χ0n) is 12.6. The number of hydrogen-bond donors (Lipinski definition) is 2. The zero-order chi connectivity index (χ0) is 16.8. The van der Waals surface area contributed by atoms with E-state index in [0.717, 1.165) is 23.6 Å². The lowest BCUT2D eigenvalue weighted by atomic mass is 10.1. The maximum absolute atomic E-state index is 13.2. The van der Waals surface area contributed by atoms with Crippen molar-refractivity contribution in [3.63, 3.8) is 0 Å². The SMILES string of the molecule is COc1ccc(NC(=S)N/N=C(/C)c2ccc(F)c(F)c2)cc1. The molecule has 0 heterocycles. The van der Waals surface area contributed by atoms with Crippen molar-refractivity contribution in [2.24, 2.45) is 5.10 Å². The van der Waals surface area contributed by atoms with Crippen LogP contribution in [0.25, 0.3) is 0 Å². The molecule has 7 heteroatoms. The van der Waals surface area contributed by atoms with E-state index in [1.54, 1.807) is 38.3 Å². The van der Waals surface area contributed by atoms with Gasteiger partial charge in [-0.05, 0) is 61.6 Å². The van der Waals surface area contributed by atoms with Gasteiger partial charge in [-0.1, -0.05) is 0 Å². The van der Waals surface area contributed by atoms with Crippen molar-refractivity contribution >= 4 is 28.7 Å². The summed E-state index contributed by atoms with van der Waals surface area (Å²) in [5, 5.41) is 7.26. The first-order valence-electron chi connectivity index (χ1n) is 6.70. The van der Waals surface area contributed by atoms with Crippen molar-refractivity contribution < 1.29 is 13.5 Å². The lowest BCUT2D eigenvalue weighted by Gasteiger charge is -2.09. The molecule has 0 atom stereocenters. The third-order valence-corrected chi connectivity index (χ3v) is 3.20. The van der Waals surface area contributed by atoms with Crippen LogP contribution in [0.5, 0.6) is 5.75 Å². The molecule has 23 heavy (non-hydrogen) atoms. The van der Waals surface area contributed by atoms with Gasteiger partial charge in [0.05, 0.1) is 12.8 Å². The molecular formula is C16H15F2N3OS. The van der Waals surface area contributed by atoms with E-state index in [9.17, 15) is 8.78 Å². The molecule has 0 spiro atoms. The van der Waals surface area contributed by atoms with Gasteiger partial charge in [-0.25, -0.2) is 8.78 Å². The molecule has 0 aromatic heterocycles. The van der Waals surface area contributed by atoms with Crippen LogP contribution in [-0.4, -0.2) is 17.9 Å². The van der Waals surface area contributed by atoms with Crippen LogP contribution in [0.4, 0.5) is 14.5 Å². The largest absolute Gasteiger partial charge is 0.497 e. The van der Waals surface area contributed by atoms with E-state index in [4.69, 9.17) is 17.0 Å². The Morgan fingerprint density at radius 1 is 1.09 bits per heavy atom. The standard InChI is InChI=1S/C16H15F2N3OS/c1-10(11-3-8-14(17)15(18)9-11)20-21-16(23)19-12-4-6-13(22-2)7-5-12/h3-9H,1-2H3,(H2,19,21,23)/b20-10-. The molecule has 120 valence electrons. The Balaban J connectivity index is 1.97. The summed E-state index contributed by atoms with van der Waals surface area (Å²) < 4.78 is 31.2. The Morgan fingerprint density at radius 3 is 2.39 bits per heavy atom. The van der Waals surface area contributed by atoms with Gasteiger partial charge in [-0.2, -0.15) is 5.10 Å². The fraction of sp³-hybridized carbons (Fsp3) is 0.125. The number of anilines is 1. The van der Waals surface area contributed by atoms with Gasteiger partial charge < -0.3 is 10.1 Å². The number of nitrogens with zero attached hydrogens (tertiary/aromatic N) is 1. The fourth-order valence-electron chi connectivity index (χ4n) is 1.75. The molecule has 2 aromatic rings. The summed E-state index contributed by atoms with van der Waals surface area (Å²) in [6.07, 6.45) is 0. The summed E-state index contributed by atoms with van der Waals surface area (Å²) in [7, 11) is 1.59. The van der Waals surface area contributed by atoms with Crippen molar-refractivity contribution in [3.05, 3.63) is 59.7 Å². The van der Waals surface area contributed by atoms with Crippen LogP contribution in [0.15, 0.2) is 47.6 Å². The summed E-state index contributed by atoms with van der Waals surface area (Å²) in [5.74, 6) is -1.08. The Bertz CT molecular complexity index is 733. The maximum Gasteiger partial charge on any atom is 0.191 e. The maximum atomic E-state index is 13.2. The predicted molar refractivity (Wildman–Crippen MR) is 90.9 cm³/mol. The molecule has 0 unspecified atom stereocenters. The lowest BCUT2D eigenvalue weighted by molar-refractivity contribution is 0.415. The molecule has 0 fully saturated rings. The molecule has 0 aliphatic rings. The second-order valence-corrected chi connectivity index (χ2v) is 5.03. The minimum atomic E-state index is -0.920. The summed E-state index contributed by atoms with van der Waals surface area (Å²) in [6, 6.07) is 10.8. The van der Waals surface area contributed by atoms with Gasteiger partial charge in [0.15, 0.2) is 16.7 Å². The first kappa shape index (κ1) is 16.8. The smallest absolute Gasteiger partial charge is 0.191 e. The molecule has 0 amide bonds.